The number of rotatable bonds is 7. The fraction of sp³-hybridized carbons (Fsp3) is 0.667. The largest absolute Gasteiger partial charge is 0.466 e. The summed E-state index contributed by atoms with van der Waals surface area (Å²) >= 11 is 0. The summed E-state index contributed by atoms with van der Waals surface area (Å²) in [5, 5.41) is 4.29. The minimum Gasteiger partial charge on any atom is -0.466 e. The monoisotopic (exact) mass is 350 g/mol. The first-order valence-electron chi connectivity index (χ1n) is 8.85. The van der Waals surface area contributed by atoms with Crippen LogP contribution in [0.2, 0.25) is 0 Å². The molecule has 138 valence electrons. The molecule has 2 fully saturated rings. The van der Waals surface area contributed by atoms with Crippen molar-refractivity contribution in [2.24, 2.45) is 13.0 Å². The Labute approximate surface area is 147 Å². The highest BCUT2D eigenvalue weighted by Gasteiger charge is 2.32. The van der Waals surface area contributed by atoms with E-state index < -0.39 is 0 Å². The van der Waals surface area contributed by atoms with Crippen LogP contribution in [0.3, 0.4) is 0 Å². The quantitative estimate of drug-likeness (QED) is 0.554. The van der Waals surface area contributed by atoms with E-state index in [-0.39, 0.29) is 30.1 Å². The van der Waals surface area contributed by atoms with Crippen LogP contribution in [-0.4, -0.2) is 40.7 Å². The van der Waals surface area contributed by atoms with E-state index in [4.69, 9.17) is 4.74 Å². The number of esters is 2. The lowest BCUT2D eigenvalue weighted by atomic mass is 10.2. The molecule has 0 atom stereocenters. The van der Waals surface area contributed by atoms with Gasteiger partial charge in [-0.05, 0) is 39.5 Å². The highest BCUT2D eigenvalue weighted by atomic mass is 16.5. The normalized spacial score (nSPS) is 15.8. The second-order valence-electron chi connectivity index (χ2n) is 6.32. The summed E-state index contributed by atoms with van der Waals surface area (Å²) < 4.78 is 11.3. The lowest BCUT2D eigenvalue weighted by Crippen LogP contribution is -2.12. The van der Waals surface area contributed by atoms with Gasteiger partial charge in [0.1, 0.15) is 17.8 Å². The van der Waals surface area contributed by atoms with Crippen molar-refractivity contribution >= 4 is 17.7 Å². The van der Waals surface area contributed by atoms with Gasteiger partial charge in [-0.25, -0.2) is 4.79 Å². The van der Waals surface area contributed by atoms with E-state index in [0.717, 1.165) is 31.4 Å². The molecule has 25 heavy (non-hydrogen) atoms. The van der Waals surface area contributed by atoms with Crippen LogP contribution >= 0.6 is 0 Å². The summed E-state index contributed by atoms with van der Waals surface area (Å²) in [6, 6.07) is 0. The Hall–Kier alpha value is -2.18. The third-order valence-electron chi connectivity index (χ3n) is 3.97. The Morgan fingerprint density at radius 3 is 2.28 bits per heavy atom. The maximum atomic E-state index is 11.5. The molecule has 2 aliphatic rings. The minimum atomic E-state index is -0.385. The van der Waals surface area contributed by atoms with Crippen LogP contribution in [0, 0.1) is 5.92 Å². The summed E-state index contributed by atoms with van der Waals surface area (Å²) in [7, 11) is 1.83. The topological polar surface area (TPSA) is 87.5 Å². The molecule has 0 radical (unpaired) electrons. The number of nitrogens with zero attached hydrogens (tertiary/aromatic N) is 2. The standard InChI is InChI=1S/C10H14N2O2.C8H12O3/c1-3-14-10(13)8-6-12(2)11-9(8)7-4-5-7;1-2-11-8(10)5-7(9)6-3-4-6/h6-7H,3-5H2,1-2H3;6H,2-5H2,1H3. The fourth-order valence-corrected chi connectivity index (χ4v) is 2.43. The van der Waals surface area contributed by atoms with Crippen molar-refractivity contribution < 1.29 is 23.9 Å². The van der Waals surface area contributed by atoms with E-state index in [1.807, 2.05) is 14.0 Å². The van der Waals surface area contributed by atoms with Crippen molar-refractivity contribution in [3.05, 3.63) is 17.5 Å². The number of aryl methyl sites for hydroxylation is 1. The molecule has 0 spiro atoms. The van der Waals surface area contributed by atoms with E-state index in [9.17, 15) is 14.4 Å². The Morgan fingerprint density at radius 1 is 1.12 bits per heavy atom. The number of ketones is 1. The molecule has 0 bridgehead atoms. The van der Waals surface area contributed by atoms with Crippen LogP contribution in [0.1, 0.15) is 67.9 Å². The van der Waals surface area contributed by atoms with E-state index in [0.29, 0.717) is 24.7 Å². The molecule has 0 aromatic carbocycles. The second kappa shape index (κ2) is 8.78. The zero-order valence-electron chi connectivity index (χ0n) is 15.1. The second-order valence-corrected chi connectivity index (χ2v) is 6.32. The SMILES string of the molecule is CCOC(=O)CC(=O)C1CC1.CCOC(=O)c1cn(C)nc1C1CC1. The molecule has 0 unspecified atom stereocenters. The Morgan fingerprint density at radius 2 is 1.76 bits per heavy atom. The number of carbonyl (C=O) groups is 3. The van der Waals surface area contributed by atoms with Crippen LogP contribution in [0.4, 0.5) is 0 Å². The minimum absolute atomic E-state index is 0.0293. The molecule has 1 heterocycles. The predicted molar refractivity (Wildman–Crippen MR) is 90.1 cm³/mol. The van der Waals surface area contributed by atoms with Gasteiger partial charge in [0.05, 0.1) is 18.9 Å². The lowest BCUT2D eigenvalue weighted by Gasteiger charge is -1.99. The van der Waals surface area contributed by atoms with Crippen molar-refractivity contribution in [3.63, 3.8) is 0 Å². The molecule has 2 aliphatic carbocycles. The number of ether oxygens (including phenoxy) is 2. The molecule has 2 saturated carbocycles. The Bertz CT molecular complexity index is 629. The third kappa shape index (κ3) is 5.99. The van der Waals surface area contributed by atoms with Gasteiger partial charge in [-0.2, -0.15) is 5.10 Å². The van der Waals surface area contributed by atoms with E-state index in [1.54, 1.807) is 17.8 Å². The number of hydrogen-bond acceptors (Lipinski definition) is 6. The highest BCUT2D eigenvalue weighted by molar-refractivity contribution is 5.97. The van der Waals surface area contributed by atoms with Crippen LogP contribution < -0.4 is 0 Å². The van der Waals surface area contributed by atoms with Crippen molar-refractivity contribution in [2.75, 3.05) is 13.2 Å². The average molecular weight is 350 g/mol. The number of Topliss-reactive ketones (excluding diaryl/α,β-unsaturated/α-hetero) is 1. The van der Waals surface area contributed by atoms with E-state index in [2.05, 4.69) is 9.84 Å². The van der Waals surface area contributed by atoms with Crippen molar-refractivity contribution in [2.45, 2.75) is 51.9 Å². The van der Waals surface area contributed by atoms with E-state index >= 15 is 0 Å². The Kier molecular flexibility index (Phi) is 6.73. The van der Waals surface area contributed by atoms with Gasteiger partial charge in [-0.1, -0.05) is 0 Å². The van der Waals surface area contributed by atoms with E-state index in [1.165, 1.54) is 0 Å². The predicted octanol–water partition coefficient (Wildman–Crippen LogP) is 2.39. The van der Waals surface area contributed by atoms with Crippen LogP contribution in [-0.2, 0) is 26.1 Å². The average Bonchev–Trinajstić information content (AvgIpc) is 3.46. The van der Waals surface area contributed by atoms with Crippen LogP contribution in [0.5, 0.6) is 0 Å². The number of carbonyl (C=O) groups excluding carboxylic acids is 3. The van der Waals surface area contributed by atoms with Gasteiger partial charge in [0.15, 0.2) is 0 Å². The van der Waals surface area contributed by atoms with Crippen LogP contribution in [0.15, 0.2) is 6.20 Å². The number of aromatic nitrogens is 2. The summed E-state index contributed by atoms with van der Waals surface area (Å²) in [5.41, 5.74) is 1.54. The number of hydrogen-bond donors (Lipinski definition) is 0. The van der Waals surface area contributed by atoms with Gasteiger partial charge in [0.2, 0.25) is 0 Å². The zero-order valence-corrected chi connectivity index (χ0v) is 15.1. The molecule has 1 aromatic rings. The van der Waals surface area contributed by atoms with Crippen molar-refractivity contribution in [1.29, 1.82) is 0 Å². The van der Waals surface area contributed by atoms with Crippen molar-refractivity contribution in [1.82, 2.24) is 9.78 Å². The third-order valence-corrected chi connectivity index (χ3v) is 3.97. The van der Waals surface area contributed by atoms with Gasteiger partial charge >= 0.3 is 11.9 Å². The molecule has 7 heteroatoms. The fourth-order valence-electron chi connectivity index (χ4n) is 2.43. The van der Waals surface area contributed by atoms with Gasteiger partial charge in [-0.15, -0.1) is 0 Å². The molecule has 0 saturated heterocycles. The van der Waals surface area contributed by atoms with Gasteiger partial charge in [0.25, 0.3) is 0 Å². The summed E-state index contributed by atoms with van der Waals surface area (Å²) in [6.07, 6.45) is 5.91. The first kappa shape index (κ1) is 19.1. The van der Waals surface area contributed by atoms with Gasteiger partial charge in [0, 0.05) is 25.1 Å². The summed E-state index contributed by atoms with van der Waals surface area (Å²) in [6.45, 7) is 4.32. The summed E-state index contributed by atoms with van der Waals surface area (Å²) in [4.78, 5) is 33.3. The first-order chi connectivity index (χ1) is 12.0. The lowest BCUT2D eigenvalue weighted by molar-refractivity contribution is -0.145. The molecule has 0 aliphatic heterocycles. The molecule has 3 rings (SSSR count). The smallest absolute Gasteiger partial charge is 0.341 e. The van der Waals surface area contributed by atoms with Gasteiger partial charge < -0.3 is 9.47 Å². The maximum Gasteiger partial charge on any atom is 0.341 e. The van der Waals surface area contributed by atoms with Crippen LogP contribution in [0.25, 0.3) is 0 Å². The van der Waals surface area contributed by atoms with Gasteiger partial charge in [-0.3, -0.25) is 14.3 Å². The Balaban J connectivity index is 0.000000186. The molecule has 0 amide bonds. The molecular weight excluding hydrogens is 324 g/mol. The first-order valence-corrected chi connectivity index (χ1v) is 8.85. The summed E-state index contributed by atoms with van der Waals surface area (Å²) in [5.74, 6) is 0.0605. The van der Waals surface area contributed by atoms with Crippen molar-refractivity contribution in [3.8, 4) is 0 Å². The molecule has 0 N–H and O–H groups in total. The molecule has 7 nitrogen and oxygen atoms in total. The highest BCUT2D eigenvalue weighted by Crippen LogP contribution is 2.40. The molecule has 1 aromatic heterocycles. The molecular formula is C18H26N2O5. The maximum absolute atomic E-state index is 11.5. The zero-order chi connectivity index (χ0) is 18.4.